The SMILES string of the molecule is C=CCC(C)C(C)CC=C(CC)CC. The predicted octanol–water partition coefficient (Wildman–Crippen LogP) is 4.97. The van der Waals surface area contributed by atoms with Gasteiger partial charge in [-0.3, -0.25) is 0 Å². The summed E-state index contributed by atoms with van der Waals surface area (Å²) in [5.74, 6) is 1.54. The maximum atomic E-state index is 3.80. The molecule has 0 amide bonds. The van der Waals surface area contributed by atoms with E-state index in [9.17, 15) is 0 Å². The van der Waals surface area contributed by atoms with Crippen molar-refractivity contribution in [3.8, 4) is 0 Å². The van der Waals surface area contributed by atoms with Crippen molar-refractivity contribution in [3.63, 3.8) is 0 Å². The molecule has 0 nitrogen and oxygen atoms in total. The smallest absolute Gasteiger partial charge is 0.0320 e. The molecular weight excluding hydrogens is 168 g/mol. The van der Waals surface area contributed by atoms with Crippen LogP contribution >= 0.6 is 0 Å². The lowest BCUT2D eigenvalue weighted by Crippen LogP contribution is -2.06. The Labute approximate surface area is 90.1 Å². The molecule has 0 saturated carbocycles. The van der Waals surface area contributed by atoms with E-state index in [0.29, 0.717) is 0 Å². The van der Waals surface area contributed by atoms with Crippen molar-refractivity contribution in [1.82, 2.24) is 0 Å². The summed E-state index contributed by atoms with van der Waals surface area (Å²) in [5.41, 5.74) is 1.60. The second-order valence-corrected chi connectivity index (χ2v) is 4.28. The van der Waals surface area contributed by atoms with Gasteiger partial charge >= 0.3 is 0 Å². The van der Waals surface area contributed by atoms with Gasteiger partial charge in [0.2, 0.25) is 0 Å². The van der Waals surface area contributed by atoms with Gasteiger partial charge in [0.1, 0.15) is 0 Å². The topological polar surface area (TPSA) is 0 Å². The maximum absolute atomic E-state index is 3.80. The fraction of sp³-hybridized carbons (Fsp3) is 0.714. The molecule has 0 aliphatic heterocycles. The molecule has 0 spiro atoms. The minimum atomic E-state index is 0.763. The molecule has 0 fully saturated rings. The van der Waals surface area contributed by atoms with Gasteiger partial charge in [-0.05, 0) is 37.5 Å². The molecule has 0 aromatic heterocycles. The summed E-state index contributed by atoms with van der Waals surface area (Å²) in [4.78, 5) is 0. The van der Waals surface area contributed by atoms with E-state index in [1.807, 2.05) is 6.08 Å². The lowest BCUT2D eigenvalue weighted by atomic mass is 9.89. The van der Waals surface area contributed by atoms with Crippen molar-refractivity contribution in [2.24, 2.45) is 11.8 Å². The van der Waals surface area contributed by atoms with E-state index in [4.69, 9.17) is 0 Å². The summed E-state index contributed by atoms with van der Waals surface area (Å²) in [6.07, 6.45) is 9.25. The van der Waals surface area contributed by atoms with Crippen LogP contribution in [0, 0.1) is 11.8 Å². The monoisotopic (exact) mass is 194 g/mol. The first-order chi connectivity index (χ1) is 6.65. The van der Waals surface area contributed by atoms with E-state index in [0.717, 1.165) is 18.3 Å². The average molecular weight is 194 g/mol. The molecule has 82 valence electrons. The molecule has 0 aliphatic rings. The molecule has 0 N–H and O–H groups in total. The third kappa shape index (κ3) is 5.26. The van der Waals surface area contributed by atoms with Crippen LogP contribution in [0.3, 0.4) is 0 Å². The minimum Gasteiger partial charge on any atom is -0.103 e. The van der Waals surface area contributed by atoms with Crippen LogP contribution in [0.5, 0.6) is 0 Å². The van der Waals surface area contributed by atoms with Crippen LogP contribution in [0.4, 0.5) is 0 Å². The molecule has 0 aromatic carbocycles. The number of hydrogen-bond acceptors (Lipinski definition) is 0. The van der Waals surface area contributed by atoms with Crippen molar-refractivity contribution in [3.05, 3.63) is 24.3 Å². The third-order valence-electron chi connectivity index (χ3n) is 3.20. The van der Waals surface area contributed by atoms with Gasteiger partial charge in [0.05, 0.1) is 0 Å². The van der Waals surface area contributed by atoms with Crippen LogP contribution in [0.2, 0.25) is 0 Å². The molecule has 0 aromatic rings. The average Bonchev–Trinajstić information content (AvgIpc) is 2.19. The number of hydrogen-bond donors (Lipinski definition) is 0. The first-order valence-corrected chi connectivity index (χ1v) is 5.94. The molecular formula is C14H26. The quantitative estimate of drug-likeness (QED) is 0.502. The maximum Gasteiger partial charge on any atom is -0.0320 e. The molecule has 2 unspecified atom stereocenters. The summed E-state index contributed by atoms with van der Waals surface area (Å²) in [6, 6.07) is 0. The highest BCUT2D eigenvalue weighted by Crippen LogP contribution is 2.20. The lowest BCUT2D eigenvalue weighted by Gasteiger charge is -2.17. The normalized spacial score (nSPS) is 14.6. The van der Waals surface area contributed by atoms with Gasteiger partial charge in [-0.15, -0.1) is 6.58 Å². The molecule has 0 rings (SSSR count). The van der Waals surface area contributed by atoms with Gasteiger partial charge in [0.15, 0.2) is 0 Å². The zero-order valence-corrected chi connectivity index (χ0v) is 10.3. The number of rotatable bonds is 7. The summed E-state index contributed by atoms with van der Waals surface area (Å²) >= 11 is 0. The highest BCUT2D eigenvalue weighted by Gasteiger charge is 2.08. The zero-order chi connectivity index (χ0) is 11.0. The van der Waals surface area contributed by atoms with E-state index >= 15 is 0 Å². The fourth-order valence-corrected chi connectivity index (χ4v) is 1.62. The predicted molar refractivity (Wildman–Crippen MR) is 66.4 cm³/mol. The van der Waals surface area contributed by atoms with Gasteiger partial charge in [-0.25, -0.2) is 0 Å². The third-order valence-corrected chi connectivity index (χ3v) is 3.20. The largest absolute Gasteiger partial charge is 0.103 e. The zero-order valence-electron chi connectivity index (χ0n) is 10.3. The van der Waals surface area contributed by atoms with Crippen LogP contribution < -0.4 is 0 Å². The van der Waals surface area contributed by atoms with Crippen LogP contribution in [-0.4, -0.2) is 0 Å². The minimum absolute atomic E-state index is 0.763. The van der Waals surface area contributed by atoms with Crippen molar-refractivity contribution in [1.29, 1.82) is 0 Å². The summed E-state index contributed by atoms with van der Waals surface area (Å²) < 4.78 is 0. The highest BCUT2D eigenvalue weighted by atomic mass is 14.1. The molecule has 2 atom stereocenters. The molecule has 0 radical (unpaired) electrons. The van der Waals surface area contributed by atoms with Crippen LogP contribution in [0.25, 0.3) is 0 Å². The summed E-state index contributed by atoms with van der Waals surface area (Å²) in [5, 5.41) is 0. The lowest BCUT2D eigenvalue weighted by molar-refractivity contribution is 0.394. The molecule has 0 aliphatic carbocycles. The Hall–Kier alpha value is -0.520. The van der Waals surface area contributed by atoms with Gasteiger partial charge < -0.3 is 0 Å². The second-order valence-electron chi connectivity index (χ2n) is 4.28. The molecule has 14 heavy (non-hydrogen) atoms. The molecule has 0 heterocycles. The Morgan fingerprint density at radius 3 is 2.00 bits per heavy atom. The van der Waals surface area contributed by atoms with Crippen LogP contribution in [0.1, 0.15) is 53.4 Å². The van der Waals surface area contributed by atoms with Crippen molar-refractivity contribution < 1.29 is 0 Å². The Kier molecular flexibility index (Phi) is 7.55. The Morgan fingerprint density at radius 1 is 1.07 bits per heavy atom. The Balaban J connectivity index is 3.98. The van der Waals surface area contributed by atoms with Gasteiger partial charge in [-0.2, -0.15) is 0 Å². The Morgan fingerprint density at radius 2 is 1.57 bits per heavy atom. The van der Waals surface area contributed by atoms with Crippen molar-refractivity contribution in [2.45, 2.75) is 53.4 Å². The van der Waals surface area contributed by atoms with Crippen molar-refractivity contribution in [2.75, 3.05) is 0 Å². The fourth-order valence-electron chi connectivity index (χ4n) is 1.62. The molecule has 0 saturated heterocycles. The molecule has 0 heteroatoms. The van der Waals surface area contributed by atoms with E-state index in [-0.39, 0.29) is 0 Å². The summed E-state index contributed by atoms with van der Waals surface area (Å²) in [6.45, 7) is 12.9. The van der Waals surface area contributed by atoms with Crippen molar-refractivity contribution >= 4 is 0 Å². The van der Waals surface area contributed by atoms with E-state index in [1.54, 1.807) is 5.57 Å². The highest BCUT2D eigenvalue weighted by molar-refractivity contribution is 5.00. The van der Waals surface area contributed by atoms with E-state index in [2.05, 4.69) is 40.3 Å². The van der Waals surface area contributed by atoms with E-state index in [1.165, 1.54) is 19.3 Å². The summed E-state index contributed by atoms with van der Waals surface area (Å²) in [7, 11) is 0. The van der Waals surface area contributed by atoms with Gasteiger partial charge in [-0.1, -0.05) is 45.4 Å². The molecule has 0 bridgehead atoms. The Bertz CT molecular complexity index is 170. The number of allylic oxidation sites excluding steroid dienone is 3. The van der Waals surface area contributed by atoms with Gasteiger partial charge in [0, 0.05) is 0 Å². The first-order valence-electron chi connectivity index (χ1n) is 5.94. The standard InChI is InChI=1S/C14H26/c1-6-9-12(4)13(5)10-11-14(7-2)8-3/h6,11-13H,1,7-10H2,2-5H3. The van der Waals surface area contributed by atoms with Crippen LogP contribution in [0.15, 0.2) is 24.3 Å². The second kappa shape index (κ2) is 7.84. The van der Waals surface area contributed by atoms with Gasteiger partial charge in [0.25, 0.3) is 0 Å². The van der Waals surface area contributed by atoms with Crippen LogP contribution in [-0.2, 0) is 0 Å². The first kappa shape index (κ1) is 13.5. The van der Waals surface area contributed by atoms with E-state index < -0.39 is 0 Å².